The van der Waals surface area contributed by atoms with Gasteiger partial charge in [-0.25, -0.2) is 0 Å². The van der Waals surface area contributed by atoms with E-state index in [0.29, 0.717) is 0 Å². The molecule has 1 heterocycles. The Kier molecular flexibility index (Phi) is 2.67. The molecule has 0 aromatic carbocycles. The van der Waals surface area contributed by atoms with Gasteiger partial charge in [0.1, 0.15) is 5.54 Å². The van der Waals surface area contributed by atoms with Crippen molar-refractivity contribution < 1.29 is 0 Å². The van der Waals surface area contributed by atoms with E-state index in [1.165, 1.54) is 58.0 Å². The van der Waals surface area contributed by atoms with Crippen molar-refractivity contribution in [2.75, 3.05) is 13.1 Å². The molecule has 3 aliphatic rings. The van der Waals surface area contributed by atoms with Crippen LogP contribution >= 0.6 is 0 Å². The molecule has 0 radical (unpaired) electrons. The highest BCUT2D eigenvalue weighted by atomic mass is 15.2. The Labute approximate surface area is 98.6 Å². The van der Waals surface area contributed by atoms with E-state index >= 15 is 0 Å². The van der Waals surface area contributed by atoms with Crippen LogP contribution in [0.2, 0.25) is 0 Å². The first-order chi connectivity index (χ1) is 7.84. The van der Waals surface area contributed by atoms with Crippen LogP contribution in [-0.4, -0.2) is 23.5 Å². The maximum atomic E-state index is 9.63. The summed E-state index contributed by atoms with van der Waals surface area (Å²) in [6, 6.07) is 2.70. The Hall–Kier alpha value is -0.550. The van der Waals surface area contributed by atoms with Gasteiger partial charge >= 0.3 is 0 Å². The normalized spacial score (nSPS) is 40.8. The lowest BCUT2D eigenvalue weighted by molar-refractivity contribution is 0.0900. The monoisotopic (exact) mass is 218 g/mol. The van der Waals surface area contributed by atoms with E-state index in [2.05, 4.69) is 11.0 Å². The number of likely N-dealkylation sites (tertiary alicyclic amines) is 1. The molecule has 0 aromatic rings. The van der Waals surface area contributed by atoms with Gasteiger partial charge in [-0.3, -0.25) is 4.90 Å². The Morgan fingerprint density at radius 2 is 1.75 bits per heavy atom. The topological polar surface area (TPSA) is 27.0 Å². The van der Waals surface area contributed by atoms with Crippen molar-refractivity contribution in [1.29, 1.82) is 5.26 Å². The van der Waals surface area contributed by atoms with Crippen molar-refractivity contribution in [3.05, 3.63) is 0 Å². The fourth-order valence-corrected chi connectivity index (χ4v) is 3.87. The molecular weight excluding hydrogens is 196 g/mol. The Morgan fingerprint density at radius 1 is 1.00 bits per heavy atom. The molecule has 1 aliphatic heterocycles. The second-order valence-electron chi connectivity index (χ2n) is 6.03. The molecule has 16 heavy (non-hydrogen) atoms. The minimum absolute atomic E-state index is 0.0675. The summed E-state index contributed by atoms with van der Waals surface area (Å²) in [6.45, 7) is 2.34. The van der Waals surface area contributed by atoms with E-state index in [0.717, 1.165) is 18.3 Å². The first-order valence-corrected chi connectivity index (χ1v) is 7.00. The predicted molar refractivity (Wildman–Crippen MR) is 63.8 cm³/mol. The molecule has 88 valence electrons. The van der Waals surface area contributed by atoms with Gasteiger partial charge in [0.25, 0.3) is 0 Å². The first-order valence-electron chi connectivity index (χ1n) is 7.00. The maximum absolute atomic E-state index is 9.63. The van der Waals surface area contributed by atoms with E-state index in [4.69, 9.17) is 0 Å². The lowest BCUT2D eigenvalue weighted by atomic mass is 9.73. The number of hydrogen-bond donors (Lipinski definition) is 0. The summed E-state index contributed by atoms with van der Waals surface area (Å²) in [5.74, 6) is 1.85. The van der Waals surface area contributed by atoms with E-state index in [9.17, 15) is 5.26 Å². The van der Waals surface area contributed by atoms with Gasteiger partial charge < -0.3 is 0 Å². The van der Waals surface area contributed by atoms with E-state index < -0.39 is 0 Å². The predicted octanol–water partition coefficient (Wildman–Crippen LogP) is 2.94. The minimum Gasteiger partial charge on any atom is -0.286 e. The Balaban J connectivity index is 1.75. The van der Waals surface area contributed by atoms with Crippen molar-refractivity contribution in [3.63, 3.8) is 0 Å². The van der Waals surface area contributed by atoms with E-state index in [-0.39, 0.29) is 5.54 Å². The first kappa shape index (κ1) is 10.6. The van der Waals surface area contributed by atoms with Crippen LogP contribution in [0.1, 0.15) is 51.4 Å². The third-order valence-electron chi connectivity index (χ3n) is 4.97. The zero-order valence-electron chi connectivity index (χ0n) is 10.1. The standard InChI is InChI=1S/C14H22N2/c15-11-14(16-8-1-2-9-16)7-3-4-13(10-14)12-5-6-12/h12-13H,1-10H2. The molecular formula is C14H22N2. The van der Waals surface area contributed by atoms with Crippen molar-refractivity contribution in [1.82, 2.24) is 4.90 Å². The fraction of sp³-hybridized carbons (Fsp3) is 0.929. The highest BCUT2D eigenvalue weighted by Crippen LogP contribution is 2.48. The molecule has 0 amide bonds. The van der Waals surface area contributed by atoms with Crippen LogP contribution in [0, 0.1) is 23.2 Å². The van der Waals surface area contributed by atoms with Crippen LogP contribution in [0.3, 0.4) is 0 Å². The van der Waals surface area contributed by atoms with Gasteiger partial charge in [-0.15, -0.1) is 0 Å². The zero-order valence-corrected chi connectivity index (χ0v) is 10.1. The zero-order chi connectivity index (χ0) is 11.0. The van der Waals surface area contributed by atoms with Crippen molar-refractivity contribution in [2.24, 2.45) is 11.8 Å². The third kappa shape index (κ3) is 1.76. The summed E-state index contributed by atoms with van der Waals surface area (Å²) in [6.07, 6.45) is 10.5. The van der Waals surface area contributed by atoms with Gasteiger partial charge in [-0.2, -0.15) is 5.26 Å². The molecule has 2 nitrogen and oxygen atoms in total. The highest BCUT2D eigenvalue weighted by Gasteiger charge is 2.46. The summed E-state index contributed by atoms with van der Waals surface area (Å²) < 4.78 is 0. The van der Waals surface area contributed by atoms with Gasteiger partial charge in [-0.1, -0.05) is 6.42 Å². The summed E-state index contributed by atoms with van der Waals surface area (Å²) in [5.41, 5.74) is -0.0675. The minimum atomic E-state index is -0.0675. The second-order valence-corrected chi connectivity index (χ2v) is 6.03. The molecule has 2 heteroatoms. The summed E-state index contributed by atoms with van der Waals surface area (Å²) in [5, 5.41) is 9.63. The largest absolute Gasteiger partial charge is 0.286 e. The van der Waals surface area contributed by atoms with Crippen molar-refractivity contribution in [2.45, 2.75) is 56.9 Å². The average Bonchev–Trinajstić information content (AvgIpc) is 3.04. The summed E-state index contributed by atoms with van der Waals surface area (Å²) >= 11 is 0. The van der Waals surface area contributed by atoms with Gasteiger partial charge in [0.05, 0.1) is 6.07 Å². The SMILES string of the molecule is N#CC1(N2CCCC2)CCCC(C2CC2)C1. The molecule has 2 aliphatic carbocycles. The Bertz CT molecular complexity index is 296. The Morgan fingerprint density at radius 3 is 2.38 bits per heavy atom. The van der Waals surface area contributed by atoms with Crippen molar-refractivity contribution in [3.8, 4) is 6.07 Å². The molecule has 0 aromatic heterocycles. The van der Waals surface area contributed by atoms with Crippen LogP contribution in [0.4, 0.5) is 0 Å². The van der Waals surface area contributed by atoms with Crippen LogP contribution in [0.15, 0.2) is 0 Å². The van der Waals surface area contributed by atoms with Gasteiger partial charge in [-0.05, 0) is 69.9 Å². The number of nitriles is 1. The molecule has 2 saturated carbocycles. The molecule has 3 rings (SSSR count). The van der Waals surface area contributed by atoms with Crippen LogP contribution in [0.5, 0.6) is 0 Å². The second kappa shape index (κ2) is 4.04. The highest BCUT2D eigenvalue weighted by molar-refractivity contribution is 5.12. The fourth-order valence-electron chi connectivity index (χ4n) is 3.87. The van der Waals surface area contributed by atoms with Gasteiger partial charge in [0.2, 0.25) is 0 Å². The number of rotatable bonds is 2. The maximum Gasteiger partial charge on any atom is 0.109 e. The molecule has 2 unspecified atom stereocenters. The number of hydrogen-bond acceptors (Lipinski definition) is 2. The van der Waals surface area contributed by atoms with Crippen LogP contribution < -0.4 is 0 Å². The van der Waals surface area contributed by atoms with Gasteiger partial charge in [0, 0.05) is 0 Å². The molecule has 0 N–H and O–H groups in total. The molecule has 2 atom stereocenters. The van der Waals surface area contributed by atoms with Crippen LogP contribution in [0.25, 0.3) is 0 Å². The summed E-state index contributed by atoms with van der Waals surface area (Å²) in [7, 11) is 0. The molecule has 0 bridgehead atoms. The molecule has 3 fully saturated rings. The lowest BCUT2D eigenvalue weighted by Gasteiger charge is -2.42. The average molecular weight is 218 g/mol. The summed E-state index contributed by atoms with van der Waals surface area (Å²) in [4.78, 5) is 2.50. The molecule has 1 saturated heterocycles. The third-order valence-corrected chi connectivity index (χ3v) is 4.97. The van der Waals surface area contributed by atoms with Crippen molar-refractivity contribution >= 4 is 0 Å². The smallest absolute Gasteiger partial charge is 0.109 e. The quantitative estimate of drug-likeness (QED) is 0.712. The number of nitrogens with zero attached hydrogens (tertiary/aromatic N) is 2. The molecule has 0 spiro atoms. The van der Waals surface area contributed by atoms with Crippen LogP contribution in [-0.2, 0) is 0 Å². The van der Waals surface area contributed by atoms with Gasteiger partial charge in [0.15, 0.2) is 0 Å². The lowest BCUT2D eigenvalue weighted by Crippen LogP contribution is -2.49. The van der Waals surface area contributed by atoms with E-state index in [1.54, 1.807) is 0 Å². The van der Waals surface area contributed by atoms with E-state index in [1.807, 2.05) is 0 Å².